The zero-order chi connectivity index (χ0) is 11.6. The Morgan fingerprint density at radius 3 is 2.75 bits per heavy atom. The molecular weight excluding hydrogens is 249 g/mol. The molecule has 1 fully saturated rings. The molecule has 88 valence electrons. The van der Waals surface area contributed by atoms with Crippen molar-refractivity contribution in [1.82, 2.24) is 5.32 Å². The third-order valence-electron chi connectivity index (χ3n) is 2.77. The molecule has 5 heteroatoms. The van der Waals surface area contributed by atoms with Gasteiger partial charge in [-0.05, 0) is 17.7 Å². The van der Waals surface area contributed by atoms with Gasteiger partial charge in [-0.2, -0.15) is 0 Å². The molecule has 1 aliphatic heterocycles. The Labute approximate surface area is 104 Å². The fraction of sp³-hybridized carbons (Fsp3) is 0.455. The van der Waals surface area contributed by atoms with Gasteiger partial charge in [-0.1, -0.05) is 29.3 Å². The number of benzene rings is 1. The Morgan fingerprint density at radius 2 is 2.19 bits per heavy atom. The summed E-state index contributed by atoms with van der Waals surface area (Å²) in [5.41, 5.74) is 0.142. The Kier molecular flexibility index (Phi) is 3.72. The van der Waals surface area contributed by atoms with Crippen molar-refractivity contribution in [2.75, 3.05) is 26.3 Å². The summed E-state index contributed by atoms with van der Waals surface area (Å²) in [5.74, 6) is 0. The molecule has 0 amide bonds. The molecule has 0 spiro atoms. The molecule has 2 N–H and O–H groups in total. The van der Waals surface area contributed by atoms with Gasteiger partial charge in [0.2, 0.25) is 0 Å². The van der Waals surface area contributed by atoms with Crippen LogP contribution in [0.3, 0.4) is 0 Å². The van der Waals surface area contributed by atoms with Crippen LogP contribution in [0.2, 0.25) is 10.0 Å². The summed E-state index contributed by atoms with van der Waals surface area (Å²) in [6.45, 7) is 1.85. The first-order valence-corrected chi connectivity index (χ1v) is 5.85. The highest BCUT2D eigenvalue weighted by Gasteiger charge is 2.34. The van der Waals surface area contributed by atoms with Gasteiger partial charge in [-0.3, -0.25) is 0 Å². The first-order valence-electron chi connectivity index (χ1n) is 5.09. The fourth-order valence-electron chi connectivity index (χ4n) is 1.82. The molecule has 0 saturated carbocycles. The molecule has 3 nitrogen and oxygen atoms in total. The molecule has 1 aliphatic rings. The molecule has 1 saturated heterocycles. The number of aliphatic hydroxyl groups is 1. The van der Waals surface area contributed by atoms with Crippen LogP contribution in [0.25, 0.3) is 0 Å². The second-order valence-electron chi connectivity index (χ2n) is 3.81. The number of hydrogen-bond acceptors (Lipinski definition) is 3. The van der Waals surface area contributed by atoms with Gasteiger partial charge in [0.05, 0.1) is 23.3 Å². The summed E-state index contributed by atoms with van der Waals surface area (Å²) in [6, 6.07) is 5.29. The van der Waals surface area contributed by atoms with E-state index in [-0.39, 0.29) is 6.61 Å². The van der Waals surface area contributed by atoms with Crippen LogP contribution in [0, 0.1) is 0 Å². The van der Waals surface area contributed by atoms with Crippen molar-refractivity contribution < 1.29 is 9.84 Å². The summed E-state index contributed by atoms with van der Waals surface area (Å²) in [7, 11) is 0. The number of rotatable bonds is 2. The van der Waals surface area contributed by atoms with Crippen molar-refractivity contribution in [2.45, 2.75) is 5.60 Å². The van der Waals surface area contributed by atoms with Crippen LogP contribution in [-0.4, -0.2) is 31.4 Å². The van der Waals surface area contributed by atoms with Gasteiger partial charge >= 0.3 is 0 Å². The van der Waals surface area contributed by atoms with Crippen LogP contribution >= 0.6 is 23.2 Å². The van der Waals surface area contributed by atoms with Gasteiger partial charge in [0.25, 0.3) is 0 Å². The SMILES string of the molecule is OC[C@@]1(c2ccc(Cl)c(Cl)c2)CNCCO1. The highest BCUT2D eigenvalue weighted by molar-refractivity contribution is 6.42. The lowest BCUT2D eigenvalue weighted by Gasteiger charge is -2.36. The molecule has 0 bridgehead atoms. The number of morpholine rings is 1. The highest BCUT2D eigenvalue weighted by Crippen LogP contribution is 2.31. The van der Waals surface area contributed by atoms with Crippen molar-refractivity contribution in [2.24, 2.45) is 0 Å². The van der Waals surface area contributed by atoms with Crippen LogP contribution in [0.1, 0.15) is 5.56 Å². The predicted octanol–water partition coefficient (Wildman–Crippen LogP) is 1.80. The number of ether oxygens (including phenoxy) is 1. The summed E-state index contributed by atoms with van der Waals surface area (Å²) in [6.07, 6.45) is 0. The van der Waals surface area contributed by atoms with Crippen LogP contribution in [0.4, 0.5) is 0 Å². The van der Waals surface area contributed by atoms with E-state index in [1.807, 2.05) is 6.07 Å². The minimum atomic E-state index is -0.702. The fourth-order valence-corrected chi connectivity index (χ4v) is 2.12. The summed E-state index contributed by atoms with van der Waals surface area (Å²) in [4.78, 5) is 0. The van der Waals surface area contributed by atoms with E-state index < -0.39 is 5.60 Å². The van der Waals surface area contributed by atoms with Crippen LogP contribution in [0.15, 0.2) is 18.2 Å². The zero-order valence-corrected chi connectivity index (χ0v) is 10.2. The van der Waals surface area contributed by atoms with E-state index in [1.165, 1.54) is 0 Å². The Hall–Kier alpha value is -0.320. The molecule has 2 rings (SSSR count). The second kappa shape index (κ2) is 4.90. The molecular formula is C11H13Cl2NO2. The lowest BCUT2D eigenvalue weighted by molar-refractivity contribution is -0.102. The number of halogens is 2. The summed E-state index contributed by atoms with van der Waals surface area (Å²) in [5, 5.41) is 13.7. The smallest absolute Gasteiger partial charge is 0.128 e. The average molecular weight is 262 g/mol. The maximum Gasteiger partial charge on any atom is 0.128 e. The summed E-state index contributed by atoms with van der Waals surface area (Å²) >= 11 is 11.8. The van der Waals surface area contributed by atoms with Crippen LogP contribution < -0.4 is 5.32 Å². The Morgan fingerprint density at radius 1 is 1.38 bits per heavy atom. The molecule has 0 aromatic heterocycles. The minimum Gasteiger partial charge on any atom is -0.393 e. The lowest BCUT2D eigenvalue weighted by Crippen LogP contribution is -2.49. The molecule has 0 radical (unpaired) electrons. The first-order chi connectivity index (χ1) is 7.68. The number of nitrogens with one attached hydrogen (secondary N) is 1. The van der Waals surface area contributed by atoms with E-state index in [1.54, 1.807) is 12.1 Å². The third-order valence-corrected chi connectivity index (χ3v) is 3.51. The topological polar surface area (TPSA) is 41.5 Å². The van der Waals surface area contributed by atoms with Crippen LogP contribution in [-0.2, 0) is 10.3 Å². The van der Waals surface area contributed by atoms with Crippen molar-refractivity contribution in [3.63, 3.8) is 0 Å². The number of hydrogen-bond donors (Lipinski definition) is 2. The van der Waals surface area contributed by atoms with Crippen LogP contribution in [0.5, 0.6) is 0 Å². The normalized spacial score (nSPS) is 25.7. The Balaban J connectivity index is 2.35. The summed E-state index contributed by atoms with van der Waals surface area (Å²) < 4.78 is 5.68. The van der Waals surface area contributed by atoms with Gasteiger partial charge < -0.3 is 15.2 Å². The van der Waals surface area contributed by atoms with E-state index in [0.29, 0.717) is 23.2 Å². The van der Waals surface area contributed by atoms with Crippen molar-refractivity contribution in [3.8, 4) is 0 Å². The van der Waals surface area contributed by atoms with E-state index in [4.69, 9.17) is 27.9 Å². The van der Waals surface area contributed by atoms with Gasteiger partial charge in [-0.15, -0.1) is 0 Å². The first kappa shape index (κ1) is 12.1. The molecule has 1 atom stereocenters. The van der Waals surface area contributed by atoms with Gasteiger partial charge in [0.15, 0.2) is 0 Å². The van der Waals surface area contributed by atoms with E-state index in [9.17, 15) is 5.11 Å². The van der Waals surface area contributed by atoms with Gasteiger partial charge in [0.1, 0.15) is 5.60 Å². The quantitative estimate of drug-likeness (QED) is 0.854. The Bertz CT molecular complexity index is 378. The highest BCUT2D eigenvalue weighted by atomic mass is 35.5. The molecule has 1 aromatic carbocycles. The predicted molar refractivity (Wildman–Crippen MR) is 64.0 cm³/mol. The maximum atomic E-state index is 9.51. The second-order valence-corrected chi connectivity index (χ2v) is 4.62. The van der Waals surface area contributed by atoms with E-state index >= 15 is 0 Å². The van der Waals surface area contributed by atoms with E-state index in [2.05, 4.69) is 5.32 Å². The molecule has 0 unspecified atom stereocenters. The monoisotopic (exact) mass is 261 g/mol. The number of aliphatic hydroxyl groups excluding tert-OH is 1. The van der Waals surface area contributed by atoms with E-state index in [0.717, 1.165) is 12.1 Å². The van der Waals surface area contributed by atoms with Gasteiger partial charge in [0, 0.05) is 13.1 Å². The van der Waals surface area contributed by atoms with Crippen molar-refractivity contribution in [3.05, 3.63) is 33.8 Å². The van der Waals surface area contributed by atoms with Crippen molar-refractivity contribution >= 4 is 23.2 Å². The minimum absolute atomic E-state index is 0.0854. The standard InChI is InChI=1S/C11H13Cl2NO2/c12-9-2-1-8(5-10(9)13)11(7-15)6-14-3-4-16-11/h1-2,5,14-15H,3-4,6-7H2/t11-/m1/s1. The van der Waals surface area contributed by atoms with Gasteiger partial charge in [-0.25, -0.2) is 0 Å². The molecule has 0 aliphatic carbocycles. The molecule has 1 aromatic rings. The zero-order valence-electron chi connectivity index (χ0n) is 8.67. The molecule has 1 heterocycles. The lowest BCUT2D eigenvalue weighted by atomic mass is 9.93. The maximum absolute atomic E-state index is 9.51. The molecule has 16 heavy (non-hydrogen) atoms. The third kappa shape index (κ3) is 2.19. The average Bonchev–Trinajstić information content (AvgIpc) is 2.33. The van der Waals surface area contributed by atoms with Crippen molar-refractivity contribution in [1.29, 1.82) is 0 Å². The largest absolute Gasteiger partial charge is 0.393 e.